The maximum absolute atomic E-state index is 12.5. The highest BCUT2D eigenvalue weighted by molar-refractivity contribution is 7.18. The number of nitrogens with one attached hydrogen (secondary N) is 2. The number of fused-ring (bicyclic) bond motifs is 1. The second-order valence-corrected chi connectivity index (χ2v) is 7.50. The largest absolute Gasteiger partial charge is 0.495 e. The zero-order valence-corrected chi connectivity index (χ0v) is 16.5. The predicted molar refractivity (Wildman–Crippen MR) is 107 cm³/mol. The molecule has 1 unspecified atom stereocenters. The summed E-state index contributed by atoms with van der Waals surface area (Å²) >= 11 is 7.72. The first kappa shape index (κ1) is 18.4. The van der Waals surface area contributed by atoms with Gasteiger partial charge in [-0.15, -0.1) is 11.3 Å². The van der Waals surface area contributed by atoms with Crippen molar-refractivity contribution in [3.8, 4) is 5.75 Å². The summed E-state index contributed by atoms with van der Waals surface area (Å²) in [5.41, 5.74) is 1.73. The van der Waals surface area contributed by atoms with Crippen LogP contribution in [0.15, 0.2) is 24.5 Å². The third-order valence-electron chi connectivity index (χ3n) is 4.13. The number of ether oxygens (including phenoxy) is 1. The Hall–Kier alpha value is -2.38. The monoisotopic (exact) mass is 390 g/mol. The van der Waals surface area contributed by atoms with Gasteiger partial charge in [-0.2, -0.15) is 0 Å². The lowest BCUT2D eigenvalue weighted by molar-refractivity contribution is -0.116. The molecule has 2 aromatic heterocycles. The van der Waals surface area contributed by atoms with Crippen LogP contribution in [0.5, 0.6) is 5.75 Å². The van der Waals surface area contributed by atoms with E-state index in [1.54, 1.807) is 43.6 Å². The van der Waals surface area contributed by atoms with Crippen molar-refractivity contribution in [1.29, 1.82) is 0 Å². The molecular weight excluding hydrogens is 372 g/mol. The number of hydrogen-bond donors (Lipinski definition) is 2. The van der Waals surface area contributed by atoms with Gasteiger partial charge in [0.2, 0.25) is 5.91 Å². The number of amides is 1. The number of aromatic nitrogens is 2. The highest BCUT2D eigenvalue weighted by atomic mass is 35.5. The van der Waals surface area contributed by atoms with Gasteiger partial charge < -0.3 is 15.4 Å². The van der Waals surface area contributed by atoms with Gasteiger partial charge >= 0.3 is 0 Å². The van der Waals surface area contributed by atoms with Crippen molar-refractivity contribution in [2.24, 2.45) is 0 Å². The van der Waals surface area contributed by atoms with Crippen LogP contribution >= 0.6 is 22.9 Å². The van der Waals surface area contributed by atoms with Crippen molar-refractivity contribution >= 4 is 50.6 Å². The molecule has 1 amide bonds. The first-order valence-corrected chi connectivity index (χ1v) is 9.21. The van der Waals surface area contributed by atoms with E-state index >= 15 is 0 Å². The van der Waals surface area contributed by atoms with Gasteiger partial charge in [0.05, 0.1) is 17.5 Å². The summed E-state index contributed by atoms with van der Waals surface area (Å²) in [6.07, 6.45) is 1.51. The van der Waals surface area contributed by atoms with Crippen molar-refractivity contribution < 1.29 is 9.53 Å². The molecule has 1 aromatic carbocycles. The van der Waals surface area contributed by atoms with E-state index in [2.05, 4.69) is 27.5 Å². The molecule has 0 aliphatic rings. The number of carbonyl (C=O) groups excluding carboxylic acids is 1. The normalized spacial score (nSPS) is 12.0. The summed E-state index contributed by atoms with van der Waals surface area (Å²) < 4.78 is 5.12. The molecule has 0 aliphatic carbocycles. The number of carbonyl (C=O) groups is 1. The summed E-state index contributed by atoms with van der Waals surface area (Å²) in [7, 11) is 1.54. The molecule has 0 bridgehead atoms. The zero-order valence-electron chi connectivity index (χ0n) is 14.9. The molecule has 136 valence electrons. The second kappa shape index (κ2) is 7.47. The fraction of sp³-hybridized carbons (Fsp3) is 0.278. The van der Waals surface area contributed by atoms with E-state index in [-0.39, 0.29) is 5.91 Å². The summed E-state index contributed by atoms with van der Waals surface area (Å²) in [4.78, 5) is 23.2. The first-order valence-electron chi connectivity index (χ1n) is 8.02. The Morgan fingerprint density at radius 2 is 2.08 bits per heavy atom. The van der Waals surface area contributed by atoms with E-state index in [1.165, 1.54) is 11.2 Å². The van der Waals surface area contributed by atoms with Crippen LogP contribution in [0.25, 0.3) is 10.2 Å². The van der Waals surface area contributed by atoms with Crippen molar-refractivity contribution in [3.05, 3.63) is 40.0 Å². The number of hydrogen-bond acceptors (Lipinski definition) is 6. The summed E-state index contributed by atoms with van der Waals surface area (Å²) in [6, 6.07) is 4.61. The third kappa shape index (κ3) is 3.59. The zero-order chi connectivity index (χ0) is 18.8. The van der Waals surface area contributed by atoms with Gasteiger partial charge in [-0.3, -0.25) is 4.79 Å². The van der Waals surface area contributed by atoms with Gasteiger partial charge in [0.1, 0.15) is 28.8 Å². The van der Waals surface area contributed by atoms with Gasteiger partial charge in [0, 0.05) is 10.6 Å². The molecule has 8 heteroatoms. The Morgan fingerprint density at radius 3 is 2.77 bits per heavy atom. The molecule has 3 rings (SSSR count). The van der Waals surface area contributed by atoms with Gasteiger partial charge in [-0.05, 0) is 44.5 Å². The molecule has 6 nitrogen and oxygen atoms in total. The highest BCUT2D eigenvalue weighted by Gasteiger charge is 2.18. The second-order valence-electron chi connectivity index (χ2n) is 5.89. The number of nitrogens with zero attached hydrogens (tertiary/aromatic N) is 2. The van der Waals surface area contributed by atoms with Gasteiger partial charge in [-0.1, -0.05) is 11.6 Å². The number of halogens is 1. The molecule has 0 saturated heterocycles. The van der Waals surface area contributed by atoms with E-state index in [0.717, 1.165) is 15.8 Å². The Kier molecular flexibility index (Phi) is 5.29. The molecular formula is C18H19ClN4O2S. The Morgan fingerprint density at radius 1 is 1.31 bits per heavy atom. The fourth-order valence-corrected chi connectivity index (χ4v) is 3.81. The minimum absolute atomic E-state index is 0.192. The van der Waals surface area contributed by atoms with Crippen LogP contribution in [0.2, 0.25) is 5.02 Å². The van der Waals surface area contributed by atoms with Crippen LogP contribution in [0.4, 0.5) is 11.5 Å². The topological polar surface area (TPSA) is 76.1 Å². The van der Waals surface area contributed by atoms with Crippen LogP contribution in [0.3, 0.4) is 0 Å². The SMILES string of the molecule is COc1ccc(NC(=O)C(C)Nc2ncnc3sc(C)c(C)c23)cc1Cl. The average Bonchev–Trinajstić information content (AvgIpc) is 2.90. The van der Waals surface area contributed by atoms with Gasteiger partial charge in [0.25, 0.3) is 0 Å². The Labute approximate surface area is 160 Å². The fourth-order valence-electron chi connectivity index (χ4n) is 2.56. The van der Waals surface area contributed by atoms with Crippen LogP contribution in [0.1, 0.15) is 17.4 Å². The minimum Gasteiger partial charge on any atom is -0.495 e. The molecule has 0 aliphatic heterocycles. The molecule has 2 heterocycles. The number of rotatable bonds is 5. The summed E-state index contributed by atoms with van der Waals surface area (Å²) in [5, 5.41) is 7.42. The summed E-state index contributed by atoms with van der Waals surface area (Å²) in [5.74, 6) is 1.03. The van der Waals surface area contributed by atoms with Crippen LogP contribution in [0, 0.1) is 13.8 Å². The van der Waals surface area contributed by atoms with Crippen molar-refractivity contribution in [3.63, 3.8) is 0 Å². The lowest BCUT2D eigenvalue weighted by atomic mass is 10.2. The molecule has 26 heavy (non-hydrogen) atoms. The number of methoxy groups -OCH3 is 1. The average molecular weight is 391 g/mol. The van der Waals surface area contributed by atoms with Gasteiger partial charge in [0.15, 0.2) is 0 Å². The predicted octanol–water partition coefficient (Wildman–Crippen LogP) is 4.41. The summed E-state index contributed by atoms with van der Waals surface area (Å²) in [6.45, 7) is 5.87. The molecule has 3 aromatic rings. The molecule has 1 atom stereocenters. The van der Waals surface area contributed by atoms with E-state index in [9.17, 15) is 4.79 Å². The van der Waals surface area contributed by atoms with E-state index < -0.39 is 6.04 Å². The van der Waals surface area contributed by atoms with E-state index in [0.29, 0.717) is 22.3 Å². The number of thiophene rings is 1. The van der Waals surface area contributed by atoms with E-state index in [1.807, 2.05) is 6.92 Å². The molecule has 0 radical (unpaired) electrons. The van der Waals surface area contributed by atoms with Crippen molar-refractivity contribution in [2.75, 3.05) is 17.7 Å². The lowest BCUT2D eigenvalue weighted by Crippen LogP contribution is -2.32. The Bertz CT molecular complexity index is 973. The number of benzene rings is 1. The molecule has 0 fully saturated rings. The lowest BCUT2D eigenvalue weighted by Gasteiger charge is -2.16. The third-order valence-corrected chi connectivity index (χ3v) is 5.54. The van der Waals surface area contributed by atoms with Crippen molar-refractivity contribution in [1.82, 2.24) is 9.97 Å². The smallest absolute Gasteiger partial charge is 0.246 e. The maximum atomic E-state index is 12.5. The van der Waals surface area contributed by atoms with Crippen LogP contribution in [-0.4, -0.2) is 29.0 Å². The minimum atomic E-state index is -0.492. The number of aryl methyl sites for hydroxylation is 2. The molecule has 2 N–H and O–H groups in total. The Balaban J connectivity index is 1.77. The first-order chi connectivity index (χ1) is 12.4. The maximum Gasteiger partial charge on any atom is 0.246 e. The van der Waals surface area contributed by atoms with Crippen molar-refractivity contribution in [2.45, 2.75) is 26.8 Å². The van der Waals surface area contributed by atoms with Crippen LogP contribution in [-0.2, 0) is 4.79 Å². The number of anilines is 2. The van der Waals surface area contributed by atoms with Crippen LogP contribution < -0.4 is 15.4 Å². The highest BCUT2D eigenvalue weighted by Crippen LogP contribution is 2.33. The molecule has 0 saturated carbocycles. The van der Waals surface area contributed by atoms with Gasteiger partial charge in [-0.25, -0.2) is 9.97 Å². The van der Waals surface area contributed by atoms with E-state index in [4.69, 9.17) is 16.3 Å². The standard InChI is InChI=1S/C18H19ClN4O2S/c1-9-11(3)26-18-15(9)16(20-8-21-18)22-10(2)17(24)23-12-5-6-14(25-4)13(19)7-12/h5-8,10H,1-4H3,(H,23,24)(H,20,21,22). The quantitative estimate of drug-likeness (QED) is 0.674. The molecule has 0 spiro atoms.